The Morgan fingerprint density at radius 3 is 2.35 bits per heavy atom. The van der Waals surface area contributed by atoms with Gasteiger partial charge in [0.1, 0.15) is 0 Å². The molecule has 0 heterocycles. The van der Waals surface area contributed by atoms with Gasteiger partial charge in [0.15, 0.2) is 0 Å². The molecule has 1 atom stereocenters. The molecule has 31 heavy (non-hydrogen) atoms. The number of carbonyl (C=O) groups is 2. The third-order valence-electron chi connectivity index (χ3n) is 6.27. The van der Waals surface area contributed by atoms with E-state index < -0.39 is 0 Å². The van der Waals surface area contributed by atoms with E-state index in [0.717, 1.165) is 48.2 Å². The highest BCUT2D eigenvalue weighted by atomic mass is 16.2. The zero-order valence-corrected chi connectivity index (χ0v) is 19.2. The summed E-state index contributed by atoms with van der Waals surface area (Å²) in [6, 6.07) is 16.1. The second-order valence-corrected chi connectivity index (χ2v) is 8.67. The van der Waals surface area contributed by atoms with Gasteiger partial charge in [-0.25, -0.2) is 0 Å². The molecule has 2 amide bonds. The van der Waals surface area contributed by atoms with Crippen LogP contribution in [0.15, 0.2) is 48.5 Å². The van der Waals surface area contributed by atoms with Crippen molar-refractivity contribution in [2.24, 2.45) is 5.92 Å². The average molecular weight is 422 g/mol. The average Bonchev–Trinajstić information content (AvgIpc) is 3.32. The van der Waals surface area contributed by atoms with E-state index in [-0.39, 0.29) is 23.8 Å². The fourth-order valence-electron chi connectivity index (χ4n) is 4.40. The van der Waals surface area contributed by atoms with Crippen LogP contribution in [0, 0.1) is 5.92 Å². The van der Waals surface area contributed by atoms with Gasteiger partial charge in [-0.2, -0.15) is 0 Å². The second-order valence-electron chi connectivity index (χ2n) is 8.67. The van der Waals surface area contributed by atoms with Gasteiger partial charge in [-0.3, -0.25) is 9.59 Å². The third kappa shape index (κ3) is 5.66. The van der Waals surface area contributed by atoms with Crippen molar-refractivity contribution in [3.05, 3.63) is 59.7 Å². The van der Waals surface area contributed by atoms with Crippen molar-refractivity contribution in [1.29, 1.82) is 0 Å². The minimum Gasteiger partial charge on any atom is -0.377 e. The molecule has 0 saturated heterocycles. The number of hydrogen-bond donors (Lipinski definition) is 1. The van der Waals surface area contributed by atoms with Gasteiger partial charge < -0.3 is 15.1 Å². The summed E-state index contributed by atoms with van der Waals surface area (Å²) in [7, 11) is 4.00. The van der Waals surface area contributed by atoms with Gasteiger partial charge in [0.25, 0.3) is 0 Å². The summed E-state index contributed by atoms with van der Waals surface area (Å²) in [6.45, 7) is 4.46. The van der Waals surface area contributed by atoms with Crippen LogP contribution in [0.1, 0.15) is 63.1 Å². The van der Waals surface area contributed by atoms with Crippen LogP contribution in [-0.4, -0.2) is 30.8 Å². The number of rotatable bonds is 8. The molecule has 0 bridgehead atoms. The lowest BCUT2D eigenvalue weighted by molar-refractivity contribution is -0.133. The van der Waals surface area contributed by atoms with Crippen LogP contribution in [0.5, 0.6) is 0 Å². The van der Waals surface area contributed by atoms with Crippen LogP contribution >= 0.6 is 0 Å². The number of anilines is 2. The monoisotopic (exact) mass is 421 g/mol. The molecule has 0 spiro atoms. The summed E-state index contributed by atoms with van der Waals surface area (Å²) in [5.74, 6) is 0.342. The zero-order chi connectivity index (χ0) is 22.4. The lowest BCUT2D eigenvalue weighted by atomic mass is 10.0. The molecule has 0 aliphatic heterocycles. The molecule has 1 saturated carbocycles. The molecule has 3 rings (SSSR count). The molecule has 2 aromatic rings. The van der Waals surface area contributed by atoms with Crippen LogP contribution in [0.25, 0.3) is 0 Å². The first-order valence-corrected chi connectivity index (χ1v) is 11.4. The van der Waals surface area contributed by atoms with Crippen LogP contribution in [-0.2, 0) is 16.1 Å². The Labute approximate surface area is 186 Å². The normalized spacial score (nSPS) is 14.8. The summed E-state index contributed by atoms with van der Waals surface area (Å²) in [5, 5.41) is 3.11. The van der Waals surface area contributed by atoms with E-state index in [4.69, 9.17) is 0 Å². The Bertz CT molecular complexity index is 889. The maximum absolute atomic E-state index is 12.9. The predicted molar refractivity (Wildman–Crippen MR) is 127 cm³/mol. The van der Waals surface area contributed by atoms with Gasteiger partial charge in [-0.15, -0.1) is 0 Å². The van der Waals surface area contributed by atoms with Gasteiger partial charge in [-0.05, 0) is 49.1 Å². The van der Waals surface area contributed by atoms with Crippen LogP contribution in [0.2, 0.25) is 0 Å². The van der Waals surface area contributed by atoms with E-state index >= 15 is 0 Å². The molecule has 5 heteroatoms. The molecular formula is C26H35N3O2. The maximum atomic E-state index is 12.9. The van der Waals surface area contributed by atoms with E-state index in [1.54, 1.807) is 0 Å². The highest BCUT2D eigenvalue weighted by Crippen LogP contribution is 2.30. The molecule has 0 radical (unpaired) electrons. The standard InChI is InChI=1S/C26H35N3O2/c1-5-25(30)29(19(2)20-11-7-6-8-12-20)18-22-17-23(15-16-24(22)28(3)4)27-26(31)21-13-9-10-14-21/h6-8,11-12,15-17,19,21H,5,9-10,13-14,18H2,1-4H3,(H,27,31)/t19-/m0/s1. The molecule has 0 unspecified atom stereocenters. The smallest absolute Gasteiger partial charge is 0.227 e. The molecule has 2 aromatic carbocycles. The van der Waals surface area contributed by atoms with Crippen molar-refractivity contribution < 1.29 is 9.59 Å². The topological polar surface area (TPSA) is 52.7 Å². The third-order valence-corrected chi connectivity index (χ3v) is 6.27. The number of nitrogens with zero attached hydrogens (tertiary/aromatic N) is 2. The van der Waals surface area contributed by atoms with E-state index in [0.29, 0.717) is 13.0 Å². The first kappa shape index (κ1) is 22.9. The lowest BCUT2D eigenvalue weighted by Crippen LogP contribution is -2.33. The molecule has 1 N–H and O–H groups in total. The SMILES string of the molecule is CCC(=O)N(Cc1cc(NC(=O)C2CCCC2)ccc1N(C)C)[C@@H](C)c1ccccc1. The summed E-state index contributed by atoms with van der Waals surface area (Å²) < 4.78 is 0. The molecule has 166 valence electrons. The minimum absolute atomic E-state index is 0.0413. The minimum atomic E-state index is -0.0413. The fourth-order valence-corrected chi connectivity index (χ4v) is 4.40. The van der Waals surface area contributed by atoms with Gasteiger partial charge in [0.2, 0.25) is 11.8 Å². The Hall–Kier alpha value is -2.82. The number of nitrogens with one attached hydrogen (secondary N) is 1. The summed E-state index contributed by atoms with van der Waals surface area (Å²) in [5.41, 5.74) is 3.99. The first-order chi connectivity index (χ1) is 14.9. The number of carbonyl (C=O) groups excluding carboxylic acids is 2. The van der Waals surface area contributed by atoms with Crippen molar-refractivity contribution >= 4 is 23.2 Å². The maximum Gasteiger partial charge on any atom is 0.227 e. The Balaban J connectivity index is 1.88. The number of amides is 2. The Kier molecular flexibility index (Phi) is 7.72. The molecule has 5 nitrogen and oxygen atoms in total. The van der Waals surface area contributed by atoms with E-state index in [1.807, 2.05) is 62.3 Å². The fraction of sp³-hybridized carbons (Fsp3) is 0.462. The summed E-state index contributed by atoms with van der Waals surface area (Å²) in [4.78, 5) is 29.5. The van der Waals surface area contributed by atoms with E-state index in [9.17, 15) is 9.59 Å². The van der Waals surface area contributed by atoms with Crippen molar-refractivity contribution in [2.45, 2.75) is 58.5 Å². The van der Waals surface area contributed by atoms with E-state index in [2.05, 4.69) is 29.3 Å². The summed E-state index contributed by atoms with van der Waals surface area (Å²) >= 11 is 0. The Morgan fingerprint density at radius 1 is 1.06 bits per heavy atom. The van der Waals surface area contributed by atoms with Gasteiger partial charge in [0, 0.05) is 44.4 Å². The highest BCUT2D eigenvalue weighted by molar-refractivity contribution is 5.93. The van der Waals surface area contributed by atoms with Gasteiger partial charge in [0.05, 0.1) is 6.04 Å². The quantitative estimate of drug-likeness (QED) is 0.622. The molecule has 1 aliphatic rings. The molecular weight excluding hydrogens is 386 g/mol. The van der Waals surface area contributed by atoms with Crippen LogP contribution in [0.3, 0.4) is 0 Å². The number of benzene rings is 2. The lowest BCUT2D eigenvalue weighted by Gasteiger charge is -2.31. The van der Waals surface area contributed by atoms with Crippen molar-refractivity contribution in [3.8, 4) is 0 Å². The van der Waals surface area contributed by atoms with Crippen molar-refractivity contribution in [2.75, 3.05) is 24.3 Å². The van der Waals surface area contributed by atoms with E-state index in [1.165, 1.54) is 0 Å². The molecule has 1 aliphatic carbocycles. The van der Waals surface area contributed by atoms with Crippen LogP contribution < -0.4 is 10.2 Å². The zero-order valence-electron chi connectivity index (χ0n) is 19.2. The molecule has 1 fully saturated rings. The second kappa shape index (κ2) is 10.5. The summed E-state index contributed by atoms with van der Waals surface area (Å²) in [6.07, 6.45) is 4.67. The number of hydrogen-bond acceptors (Lipinski definition) is 3. The van der Waals surface area contributed by atoms with Crippen molar-refractivity contribution in [1.82, 2.24) is 4.90 Å². The largest absolute Gasteiger partial charge is 0.377 e. The van der Waals surface area contributed by atoms with Gasteiger partial charge >= 0.3 is 0 Å². The predicted octanol–water partition coefficient (Wildman–Crippen LogP) is 5.38. The Morgan fingerprint density at radius 2 is 1.74 bits per heavy atom. The van der Waals surface area contributed by atoms with Crippen LogP contribution in [0.4, 0.5) is 11.4 Å². The van der Waals surface area contributed by atoms with Gasteiger partial charge in [-0.1, -0.05) is 50.1 Å². The molecule has 0 aromatic heterocycles. The first-order valence-electron chi connectivity index (χ1n) is 11.4. The highest BCUT2D eigenvalue weighted by Gasteiger charge is 2.24. The van der Waals surface area contributed by atoms with Crippen molar-refractivity contribution in [3.63, 3.8) is 0 Å².